The third kappa shape index (κ3) is 3.70. The molecule has 0 saturated carbocycles. The van der Waals surface area contributed by atoms with Gasteiger partial charge in [-0.1, -0.05) is 22.0 Å². The molecule has 0 aliphatic rings. The molecule has 0 radical (unpaired) electrons. The fraction of sp³-hybridized carbons (Fsp3) is 0.214. The van der Waals surface area contributed by atoms with E-state index in [9.17, 15) is 0 Å². The van der Waals surface area contributed by atoms with Gasteiger partial charge in [0.15, 0.2) is 11.5 Å². The van der Waals surface area contributed by atoms with Crippen molar-refractivity contribution >= 4 is 31.9 Å². The second-order valence-electron chi connectivity index (χ2n) is 3.89. The number of methoxy groups -OCH3 is 1. The number of ether oxygens (including phenoxy) is 2. The van der Waals surface area contributed by atoms with Crippen molar-refractivity contribution in [1.29, 1.82) is 0 Å². The van der Waals surface area contributed by atoms with Crippen LogP contribution in [0.4, 0.5) is 0 Å². The second-order valence-corrected chi connectivity index (χ2v) is 5.31. The lowest BCUT2D eigenvalue weighted by Gasteiger charge is -2.13. The van der Waals surface area contributed by atoms with Crippen LogP contribution < -0.4 is 9.47 Å². The summed E-state index contributed by atoms with van der Waals surface area (Å²) in [5, 5.41) is 0.769. The summed E-state index contributed by atoms with van der Waals surface area (Å²) in [6.45, 7) is 0.455. The molecule has 1 aromatic carbocycles. The maximum Gasteiger partial charge on any atom is 0.175 e. The summed E-state index contributed by atoms with van der Waals surface area (Å²) in [5.41, 5.74) is 2.14. The van der Waals surface area contributed by atoms with Gasteiger partial charge < -0.3 is 9.47 Å². The lowest BCUT2D eigenvalue weighted by atomic mass is 10.2. The Morgan fingerprint density at radius 1 is 1.26 bits per heavy atom. The van der Waals surface area contributed by atoms with Gasteiger partial charge in [0.25, 0.3) is 0 Å². The SMILES string of the molecule is COc1cc(CBr)cc(Br)c1OCc1cccnc1. The number of nitrogens with zero attached hydrogens (tertiary/aromatic N) is 1. The molecule has 3 nitrogen and oxygen atoms in total. The summed E-state index contributed by atoms with van der Waals surface area (Å²) >= 11 is 6.94. The normalized spacial score (nSPS) is 10.3. The van der Waals surface area contributed by atoms with Gasteiger partial charge in [-0.05, 0) is 39.7 Å². The maximum atomic E-state index is 5.82. The minimum atomic E-state index is 0.455. The van der Waals surface area contributed by atoms with Crippen LogP contribution in [0, 0.1) is 0 Å². The largest absolute Gasteiger partial charge is 0.493 e. The summed E-state index contributed by atoms with van der Waals surface area (Å²) in [5.74, 6) is 1.42. The van der Waals surface area contributed by atoms with E-state index in [1.807, 2.05) is 24.3 Å². The summed E-state index contributed by atoms with van der Waals surface area (Å²) in [4.78, 5) is 4.06. The molecule has 0 fully saturated rings. The predicted molar refractivity (Wildman–Crippen MR) is 81.9 cm³/mol. The molecule has 5 heteroatoms. The van der Waals surface area contributed by atoms with Crippen LogP contribution in [0.1, 0.15) is 11.1 Å². The van der Waals surface area contributed by atoms with Crippen molar-refractivity contribution in [3.63, 3.8) is 0 Å². The van der Waals surface area contributed by atoms with E-state index in [0.717, 1.165) is 20.9 Å². The molecule has 1 aromatic heterocycles. The molecule has 0 bridgehead atoms. The van der Waals surface area contributed by atoms with Crippen molar-refractivity contribution in [3.05, 3.63) is 52.3 Å². The van der Waals surface area contributed by atoms with Gasteiger partial charge >= 0.3 is 0 Å². The molecule has 0 saturated heterocycles. The molecule has 2 rings (SSSR count). The van der Waals surface area contributed by atoms with Gasteiger partial charge in [-0.25, -0.2) is 0 Å². The molecule has 100 valence electrons. The van der Waals surface area contributed by atoms with E-state index in [0.29, 0.717) is 18.1 Å². The molecule has 0 spiro atoms. The van der Waals surface area contributed by atoms with E-state index < -0.39 is 0 Å². The Morgan fingerprint density at radius 2 is 2.11 bits per heavy atom. The quantitative estimate of drug-likeness (QED) is 0.716. The molecule has 0 aliphatic heterocycles. The van der Waals surface area contributed by atoms with Crippen molar-refractivity contribution < 1.29 is 9.47 Å². The fourth-order valence-electron chi connectivity index (χ4n) is 1.63. The minimum Gasteiger partial charge on any atom is -0.493 e. The van der Waals surface area contributed by atoms with Crippen LogP contribution in [0.15, 0.2) is 41.1 Å². The lowest BCUT2D eigenvalue weighted by Crippen LogP contribution is -1.99. The summed E-state index contributed by atoms with van der Waals surface area (Å²) in [6, 6.07) is 7.83. The highest BCUT2D eigenvalue weighted by atomic mass is 79.9. The van der Waals surface area contributed by atoms with Gasteiger partial charge in [0, 0.05) is 23.3 Å². The highest BCUT2D eigenvalue weighted by Gasteiger charge is 2.11. The number of rotatable bonds is 5. The van der Waals surface area contributed by atoms with Crippen LogP contribution >= 0.6 is 31.9 Å². The third-order valence-electron chi connectivity index (χ3n) is 2.55. The number of alkyl halides is 1. The van der Waals surface area contributed by atoms with Crippen molar-refractivity contribution in [2.75, 3.05) is 7.11 Å². The van der Waals surface area contributed by atoms with Gasteiger partial charge in [-0.15, -0.1) is 0 Å². The Bertz CT molecular complexity index is 547. The Balaban J connectivity index is 2.20. The van der Waals surface area contributed by atoms with E-state index in [1.54, 1.807) is 19.5 Å². The van der Waals surface area contributed by atoms with Gasteiger partial charge in [-0.3, -0.25) is 4.98 Å². The number of aromatic nitrogens is 1. The number of halogens is 2. The van der Waals surface area contributed by atoms with Crippen molar-refractivity contribution in [1.82, 2.24) is 4.98 Å². The standard InChI is InChI=1S/C14H13Br2NO2/c1-18-13-6-11(7-15)5-12(16)14(13)19-9-10-3-2-4-17-8-10/h2-6,8H,7,9H2,1H3. The van der Waals surface area contributed by atoms with E-state index in [2.05, 4.69) is 36.8 Å². The first-order valence-electron chi connectivity index (χ1n) is 5.68. The summed E-state index contributed by atoms with van der Waals surface area (Å²) in [7, 11) is 1.64. The fourth-order valence-corrected chi connectivity index (χ4v) is 2.56. The summed E-state index contributed by atoms with van der Waals surface area (Å²) in [6.07, 6.45) is 3.53. The first kappa shape index (κ1) is 14.3. The zero-order chi connectivity index (χ0) is 13.7. The smallest absolute Gasteiger partial charge is 0.175 e. The first-order valence-corrected chi connectivity index (χ1v) is 7.60. The number of hydrogen-bond donors (Lipinski definition) is 0. The highest BCUT2D eigenvalue weighted by molar-refractivity contribution is 9.10. The zero-order valence-electron chi connectivity index (χ0n) is 10.4. The Labute approximate surface area is 129 Å². The molecule has 0 unspecified atom stereocenters. The van der Waals surface area contributed by atoms with Gasteiger partial charge in [0.05, 0.1) is 11.6 Å². The zero-order valence-corrected chi connectivity index (χ0v) is 13.6. The number of hydrogen-bond acceptors (Lipinski definition) is 3. The molecule has 19 heavy (non-hydrogen) atoms. The van der Waals surface area contributed by atoms with Gasteiger partial charge in [-0.2, -0.15) is 0 Å². The average Bonchev–Trinajstić information content (AvgIpc) is 2.46. The number of pyridine rings is 1. The Kier molecular flexibility index (Phi) is 5.22. The Morgan fingerprint density at radius 3 is 2.74 bits per heavy atom. The second kappa shape index (κ2) is 6.91. The van der Waals surface area contributed by atoms with Crippen LogP contribution in [0.5, 0.6) is 11.5 Å². The van der Waals surface area contributed by atoms with E-state index in [-0.39, 0.29) is 0 Å². The maximum absolute atomic E-state index is 5.82. The van der Waals surface area contributed by atoms with E-state index in [1.165, 1.54) is 0 Å². The summed E-state index contributed by atoms with van der Waals surface area (Å²) < 4.78 is 12.1. The van der Waals surface area contributed by atoms with E-state index in [4.69, 9.17) is 9.47 Å². The van der Waals surface area contributed by atoms with Crippen LogP contribution in [-0.4, -0.2) is 12.1 Å². The minimum absolute atomic E-state index is 0.455. The first-order chi connectivity index (χ1) is 9.24. The van der Waals surface area contributed by atoms with E-state index >= 15 is 0 Å². The van der Waals surface area contributed by atoms with Crippen LogP contribution in [0.2, 0.25) is 0 Å². The predicted octanol–water partition coefficient (Wildman–Crippen LogP) is 4.33. The van der Waals surface area contributed by atoms with Gasteiger partial charge in [0.2, 0.25) is 0 Å². The molecule has 2 aromatic rings. The molecular formula is C14H13Br2NO2. The molecular weight excluding hydrogens is 374 g/mol. The highest BCUT2D eigenvalue weighted by Crippen LogP contribution is 2.37. The van der Waals surface area contributed by atoms with Crippen LogP contribution in [-0.2, 0) is 11.9 Å². The van der Waals surface area contributed by atoms with Crippen LogP contribution in [0.25, 0.3) is 0 Å². The molecule has 0 amide bonds. The number of benzene rings is 1. The topological polar surface area (TPSA) is 31.4 Å². The third-order valence-corrected chi connectivity index (χ3v) is 3.79. The van der Waals surface area contributed by atoms with Crippen molar-refractivity contribution in [2.45, 2.75) is 11.9 Å². The van der Waals surface area contributed by atoms with Crippen molar-refractivity contribution in [2.24, 2.45) is 0 Å². The Hall–Kier alpha value is -1.07. The van der Waals surface area contributed by atoms with Crippen molar-refractivity contribution in [3.8, 4) is 11.5 Å². The lowest BCUT2D eigenvalue weighted by molar-refractivity contribution is 0.282. The van der Waals surface area contributed by atoms with Crippen LogP contribution in [0.3, 0.4) is 0 Å². The molecule has 0 aliphatic carbocycles. The molecule has 0 atom stereocenters. The monoisotopic (exact) mass is 385 g/mol. The average molecular weight is 387 g/mol. The molecule has 1 heterocycles. The molecule has 0 N–H and O–H groups in total. The van der Waals surface area contributed by atoms with Gasteiger partial charge in [0.1, 0.15) is 6.61 Å².